The number of fused-ring (bicyclic) bond motifs is 1. The van der Waals surface area contributed by atoms with E-state index in [0.29, 0.717) is 22.5 Å². The summed E-state index contributed by atoms with van der Waals surface area (Å²) in [6.45, 7) is 0. The Morgan fingerprint density at radius 2 is 2.00 bits per heavy atom. The first-order valence-corrected chi connectivity index (χ1v) is 7.46. The highest BCUT2D eigenvalue weighted by atomic mass is 32.2. The van der Waals surface area contributed by atoms with Crippen molar-refractivity contribution in [2.75, 3.05) is 5.75 Å². The summed E-state index contributed by atoms with van der Waals surface area (Å²) in [7, 11) is 0. The lowest BCUT2D eigenvalue weighted by Crippen LogP contribution is -2.12. The average Bonchev–Trinajstić information content (AvgIpc) is 2.51. The third kappa shape index (κ3) is 2.65. The van der Waals surface area contributed by atoms with Gasteiger partial charge in [-0.05, 0) is 30.3 Å². The predicted molar refractivity (Wildman–Crippen MR) is 82.5 cm³/mol. The number of rotatable bonds is 2. The van der Waals surface area contributed by atoms with Crippen molar-refractivity contribution in [3.63, 3.8) is 0 Å². The molecule has 22 heavy (non-hydrogen) atoms. The number of ketones is 1. The van der Waals surface area contributed by atoms with Crippen molar-refractivity contribution in [2.45, 2.75) is 4.90 Å². The summed E-state index contributed by atoms with van der Waals surface area (Å²) in [5.41, 5.74) is 1.05. The highest BCUT2D eigenvalue weighted by Gasteiger charge is 2.24. The summed E-state index contributed by atoms with van der Waals surface area (Å²) in [5.74, 6) is -0.352. The number of thioether (sulfide) groups is 1. The smallest absolute Gasteiger partial charge is 0.276 e. The normalized spacial score (nSPS) is 15.7. The van der Waals surface area contributed by atoms with Crippen LogP contribution in [0.5, 0.6) is 0 Å². The molecule has 0 aliphatic carbocycles. The van der Waals surface area contributed by atoms with E-state index >= 15 is 0 Å². The number of para-hydroxylation sites is 1. The maximum atomic E-state index is 13.3. The van der Waals surface area contributed by atoms with Gasteiger partial charge in [-0.3, -0.25) is 14.9 Å². The van der Waals surface area contributed by atoms with Crippen LogP contribution in [-0.2, 0) is 0 Å². The zero-order valence-electron chi connectivity index (χ0n) is 11.3. The van der Waals surface area contributed by atoms with E-state index in [1.165, 1.54) is 36.0 Å². The van der Waals surface area contributed by atoms with Gasteiger partial charge in [0, 0.05) is 27.9 Å². The molecular weight excluding hydrogens is 305 g/mol. The summed E-state index contributed by atoms with van der Waals surface area (Å²) >= 11 is 1.42. The van der Waals surface area contributed by atoms with Gasteiger partial charge < -0.3 is 0 Å². The first-order valence-electron chi connectivity index (χ1n) is 6.47. The number of nitrogens with zero attached hydrogens (tertiary/aromatic N) is 1. The fourth-order valence-corrected chi connectivity index (χ4v) is 3.27. The number of carbonyl (C=O) groups excluding carboxylic acids is 1. The molecule has 1 aliphatic rings. The van der Waals surface area contributed by atoms with Gasteiger partial charge in [0.25, 0.3) is 5.69 Å². The molecule has 0 unspecified atom stereocenters. The largest absolute Gasteiger partial charge is 0.289 e. The minimum Gasteiger partial charge on any atom is -0.289 e. The molecule has 0 atom stereocenters. The molecule has 1 aliphatic heterocycles. The minimum atomic E-state index is -0.486. The monoisotopic (exact) mass is 315 g/mol. The van der Waals surface area contributed by atoms with Gasteiger partial charge in [-0.25, -0.2) is 4.39 Å². The molecule has 0 radical (unpaired) electrons. The van der Waals surface area contributed by atoms with Crippen LogP contribution in [0.3, 0.4) is 0 Å². The molecule has 0 bridgehead atoms. The lowest BCUT2D eigenvalue weighted by atomic mass is 10.0. The second-order valence-electron chi connectivity index (χ2n) is 4.74. The van der Waals surface area contributed by atoms with E-state index in [4.69, 9.17) is 0 Å². The molecular formula is C16H10FNO3S. The lowest BCUT2D eigenvalue weighted by Gasteiger charge is -2.16. The van der Waals surface area contributed by atoms with Crippen molar-refractivity contribution in [1.82, 2.24) is 0 Å². The van der Waals surface area contributed by atoms with Gasteiger partial charge in [0.15, 0.2) is 5.78 Å². The number of carbonyl (C=O) groups is 1. The molecule has 0 saturated heterocycles. The molecule has 2 aromatic carbocycles. The summed E-state index contributed by atoms with van der Waals surface area (Å²) < 4.78 is 13.3. The van der Waals surface area contributed by atoms with Gasteiger partial charge in [0.2, 0.25) is 0 Å². The summed E-state index contributed by atoms with van der Waals surface area (Å²) in [4.78, 5) is 23.7. The Morgan fingerprint density at radius 1 is 1.23 bits per heavy atom. The second-order valence-corrected chi connectivity index (χ2v) is 5.76. The number of hydrogen-bond donors (Lipinski definition) is 0. The van der Waals surface area contributed by atoms with Gasteiger partial charge in [-0.15, -0.1) is 11.8 Å². The average molecular weight is 315 g/mol. The van der Waals surface area contributed by atoms with Crippen LogP contribution in [0.1, 0.15) is 15.9 Å². The van der Waals surface area contributed by atoms with Crippen molar-refractivity contribution in [1.29, 1.82) is 0 Å². The molecule has 0 N–H and O–H groups in total. The van der Waals surface area contributed by atoms with Crippen LogP contribution in [0.4, 0.5) is 10.1 Å². The van der Waals surface area contributed by atoms with E-state index < -0.39 is 10.7 Å². The van der Waals surface area contributed by atoms with Crippen molar-refractivity contribution in [2.24, 2.45) is 0 Å². The third-order valence-electron chi connectivity index (χ3n) is 3.32. The number of Topliss-reactive ketones (excluding diaryl/α,β-unsaturated/α-hetero) is 1. The topological polar surface area (TPSA) is 60.2 Å². The molecule has 4 nitrogen and oxygen atoms in total. The summed E-state index contributed by atoms with van der Waals surface area (Å²) in [5, 5.41) is 11.0. The van der Waals surface area contributed by atoms with Gasteiger partial charge in [-0.2, -0.15) is 0 Å². The van der Waals surface area contributed by atoms with Gasteiger partial charge in [-0.1, -0.05) is 12.1 Å². The maximum absolute atomic E-state index is 13.3. The molecule has 6 heteroatoms. The lowest BCUT2D eigenvalue weighted by molar-refractivity contribution is -0.385. The van der Waals surface area contributed by atoms with Crippen LogP contribution in [-0.4, -0.2) is 16.5 Å². The van der Waals surface area contributed by atoms with E-state index in [1.54, 1.807) is 24.3 Å². The Kier molecular flexibility index (Phi) is 3.77. The Morgan fingerprint density at radius 3 is 2.77 bits per heavy atom. The molecule has 0 aromatic heterocycles. The van der Waals surface area contributed by atoms with Crippen molar-refractivity contribution in [3.05, 3.63) is 75.1 Å². The molecule has 3 rings (SSSR count). The van der Waals surface area contributed by atoms with Crippen molar-refractivity contribution < 1.29 is 14.1 Å². The molecule has 0 spiro atoms. The zero-order valence-corrected chi connectivity index (χ0v) is 12.1. The molecule has 0 amide bonds. The first kappa shape index (κ1) is 14.5. The molecule has 0 saturated carbocycles. The first-order chi connectivity index (χ1) is 10.6. The van der Waals surface area contributed by atoms with Crippen molar-refractivity contribution >= 4 is 29.3 Å². The number of nitro groups is 1. The Bertz CT molecular complexity index is 817. The van der Waals surface area contributed by atoms with Gasteiger partial charge in [0.05, 0.1) is 10.5 Å². The zero-order chi connectivity index (χ0) is 15.7. The van der Waals surface area contributed by atoms with Crippen molar-refractivity contribution in [3.8, 4) is 0 Å². The van der Waals surface area contributed by atoms with Gasteiger partial charge >= 0.3 is 0 Å². The van der Waals surface area contributed by atoms with Crippen LogP contribution >= 0.6 is 11.8 Å². The van der Waals surface area contributed by atoms with Crippen LogP contribution in [0.15, 0.2) is 52.9 Å². The van der Waals surface area contributed by atoms with Crippen LogP contribution in [0.2, 0.25) is 0 Å². The standard InChI is InChI=1S/C16H10FNO3S/c17-12-5-6-15-13(8-12)16(19)11(9-22-15)7-10-3-1-2-4-14(10)18(20)21/h1-8H,9H2/b11-7+. The quantitative estimate of drug-likeness (QED) is 0.475. The maximum Gasteiger partial charge on any atom is 0.276 e. The highest BCUT2D eigenvalue weighted by molar-refractivity contribution is 7.99. The number of nitro benzene ring substituents is 1. The highest BCUT2D eigenvalue weighted by Crippen LogP contribution is 2.34. The van der Waals surface area contributed by atoms with E-state index in [9.17, 15) is 19.3 Å². The number of hydrogen-bond acceptors (Lipinski definition) is 4. The number of halogens is 1. The van der Waals surface area contributed by atoms with E-state index in [0.717, 1.165) is 4.90 Å². The van der Waals surface area contributed by atoms with Crippen LogP contribution in [0, 0.1) is 15.9 Å². The summed E-state index contributed by atoms with van der Waals surface area (Å²) in [6, 6.07) is 10.3. The fraction of sp³-hybridized carbons (Fsp3) is 0.0625. The van der Waals surface area contributed by atoms with E-state index in [-0.39, 0.29) is 11.5 Å². The Balaban J connectivity index is 2.04. The van der Waals surface area contributed by atoms with E-state index in [1.807, 2.05) is 0 Å². The Labute approximate surface area is 129 Å². The van der Waals surface area contributed by atoms with Crippen LogP contribution in [0.25, 0.3) is 6.08 Å². The molecule has 0 fully saturated rings. The molecule has 110 valence electrons. The van der Waals surface area contributed by atoms with E-state index in [2.05, 4.69) is 0 Å². The Hall–Kier alpha value is -2.47. The fourth-order valence-electron chi connectivity index (χ4n) is 2.27. The SMILES string of the molecule is O=C1/C(=C/c2ccccc2[N+](=O)[O-])CSc2ccc(F)cc21. The second kappa shape index (κ2) is 5.73. The molecule has 2 aromatic rings. The predicted octanol–water partition coefficient (Wildman–Crippen LogP) is 4.11. The minimum absolute atomic E-state index is 0.0576. The van der Waals surface area contributed by atoms with Crippen LogP contribution < -0.4 is 0 Å². The molecule has 1 heterocycles. The summed E-state index contributed by atoms with van der Waals surface area (Å²) in [6.07, 6.45) is 1.52. The van der Waals surface area contributed by atoms with Gasteiger partial charge in [0.1, 0.15) is 5.82 Å². The third-order valence-corrected chi connectivity index (χ3v) is 4.45. The number of benzene rings is 2.